The van der Waals surface area contributed by atoms with Gasteiger partial charge < -0.3 is 18.9 Å². The molecule has 0 aliphatic carbocycles. The van der Waals surface area contributed by atoms with Gasteiger partial charge in [-0.15, -0.1) is 5.10 Å². The van der Waals surface area contributed by atoms with E-state index in [4.69, 9.17) is 18.9 Å². The lowest BCUT2D eigenvalue weighted by Gasteiger charge is -2.27. The second-order valence-electron chi connectivity index (χ2n) is 8.29. The molecular formula is C23H26N4O4. The first-order valence-electron chi connectivity index (χ1n) is 10.5. The molecule has 0 radical (unpaired) electrons. The summed E-state index contributed by atoms with van der Waals surface area (Å²) in [5.74, 6) is -0.629. The van der Waals surface area contributed by atoms with Crippen molar-refractivity contribution < 1.29 is 18.9 Å². The van der Waals surface area contributed by atoms with E-state index in [1.807, 2.05) is 73.3 Å². The summed E-state index contributed by atoms with van der Waals surface area (Å²) in [7, 11) is 0. The fourth-order valence-electron chi connectivity index (χ4n) is 4.08. The first-order chi connectivity index (χ1) is 15.1. The maximum atomic E-state index is 6.40. The molecule has 8 heteroatoms. The Morgan fingerprint density at radius 3 is 2.65 bits per heavy atom. The Morgan fingerprint density at radius 2 is 1.90 bits per heavy atom. The van der Waals surface area contributed by atoms with Gasteiger partial charge in [-0.05, 0) is 31.5 Å². The van der Waals surface area contributed by atoms with E-state index in [-0.39, 0.29) is 24.4 Å². The van der Waals surface area contributed by atoms with E-state index in [2.05, 4.69) is 15.3 Å². The zero-order chi connectivity index (χ0) is 21.3. The van der Waals surface area contributed by atoms with Gasteiger partial charge in [-0.1, -0.05) is 41.6 Å². The van der Waals surface area contributed by atoms with Crippen molar-refractivity contribution in [3.63, 3.8) is 0 Å². The number of pyridine rings is 1. The summed E-state index contributed by atoms with van der Waals surface area (Å²) < 4.78 is 26.3. The third kappa shape index (κ3) is 4.38. The SMILES string of the molecule is CC1(C)OC[C@@H]([C@H]2OC[C@H](n3cc(-c4ccccn4)nn3)[C@H]2OCc2ccccc2)O1. The van der Waals surface area contributed by atoms with Gasteiger partial charge in [0, 0.05) is 6.20 Å². The van der Waals surface area contributed by atoms with Gasteiger partial charge in [0.15, 0.2) is 5.79 Å². The fourth-order valence-corrected chi connectivity index (χ4v) is 4.08. The van der Waals surface area contributed by atoms with Gasteiger partial charge >= 0.3 is 0 Å². The lowest BCUT2D eigenvalue weighted by molar-refractivity contribution is -0.162. The Balaban J connectivity index is 1.38. The Bertz CT molecular complexity index is 995. The third-order valence-corrected chi connectivity index (χ3v) is 5.62. The Hall–Kier alpha value is -2.65. The highest BCUT2D eigenvalue weighted by atomic mass is 16.8. The molecule has 2 fully saturated rings. The molecule has 2 aliphatic heterocycles. The van der Waals surface area contributed by atoms with Crippen LogP contribution in [-0.2, 0) is 25.6 Å². The lowest BCUT2D eigenvalue weighted by atomic mass is 10.0. The standard InChI is InChI=1S/C23H26N4O4/c1-23(2)30-15-20(31-23)22-21(28-13-16-8-4-3-5-9-16)19(14-29-22)27-12-18(25-26-27)17-10-6-7-11-24-17/h3-12,19-22H,13-15H2,1-2H3/t19-,20-,21+,22+/m0/s1. The largest absolute Gasteiger partial charge is 0.370 e. The zero-order valence-corrected chi connectivity index (χ0v) is 17.6. The monoisotopic (exact) mass is 422 g/mol. The lowest BCUT2D eigenvalue weighted by Crippen LogP contribution is -2.41. The maximum absolute atomic E-state index is 6.40. The number of aromatic nitrogens is 4. The highest BCUT2D eigenvalue weighted by Crippen LogP contribution is 2.36. The topological polar surface area (TPSA) is 80.5 Å². The smallest absolute Gasteiger partial charge is 0.163 e. The number of hydrogen-bond acceptors (Lipinski definition) is 7. The minimum atomic E-state index is -0.629. The van der Waals surface area contributed by atoms with E-state index in [0.29, 0.717) is 25.5 Å². The van der Waals surface area contributed by atoms with Crippen LogP contribution in [0.15, 0.2) is 60.9 Å². The second kappa shape index (κ2) is 8.47. The predicted octanol–water partition coefficient (Wildman–Crippen LogP) is 3.02. The van der Waals surface area contributed by atoms with Crippen molar-refractivity contribution in [2.75, 3.05) is 13.2 Å². The molecule has 162 valence electrons. The van der Waals surface area contributed by atoms with Crippen LogP contribution in [0.4, 0.5) is 0 Å². The van der Waals surface area contributed by atoms with Gasteiger partial charge in [-0.25, -0.2) is 4.68 Å². The summed E-state index contributed by atoms with van der Waals surface area (Å²) in [4.78, 5) is 4.36. The molecule has 2 aromatic heterocycles. The highest BCUT2D eigenvalue weighted by Gasteiger charge is 2.49. The molecule has 3 aromatic rings. The Kier molecular flexibility index (Phi) is 5.54. The van der Waals surface area contributed by atoms with Gasteiger partial charge in [0.05, 0.1) is 31.7 Å². The summed E-state index contributed by atoms with van der Waals surface area (Å²) in [6, 6.07) is 15.7. The van der Waals surface area contributed by atoms with E-state index in [9.17, 15) is 0 Å². The second-order valence-corrected chi connectivity index (χ2v) is 8.29. The van der Waals surface area contributed by atoms with Crippen LogP contribution >= 0.6 is 0 Å². The van der Waals surface area contributed by atoms with Gasteiger partial charge in [0.1, 0.15) is 30.0 Å². The first-order valence-corrected chi connectivity index (χ1v) is 10.5. The number of rotatable bonds is 6. The summed E-state index contributed by atoms with van der Waals surface area (Å²) in [5, 5.41) is 8.68. The molecule has 31 heavy (non-hydrogen) atoms. The molecular weight excluding hydrogens is 396 g/mol. The van der Waals surface area contributed by atoms with E-state index in [1.165, 1.54) is 0 Å². The quantitative estimate of drug-likeness (QED) is 0.604. The summed E-state index contributed by atoms with van der Waals surface area (Å²) in [6.45, 7) is 5.22. The molecule has 1 aromatic carbocycles. The molecule has 4 atom stereocenters. The van der Waals surface area contributed by atoms with Gasteiger partial charge in [0.25, 0.3) is 0 Å². The van der Waals surface area contributed by atoms with Gasteiger partial charge in [-0.3, -0.25) is 4.98 Å². The van der Waals surface area contributed by atoms with Crippen molar-refractivity contribution in [3.05, 3.63) is 66.5 Å². The van der Waals surface area contributed by atoms with Crippen LogP contribution in [0, 0.1) is 0 Å². The van der Waals surface area contributed by atoms with E-state index in [1.54, 1.807) is 6.20 Å². The molecule has 0 saturated carbocycles. The van der Waals surface area contributed by atoms with Crippen molar-refractivity contribution in [2.45, 2.75) is 50.6 Å². The van der Waals surface area contributed by atoms with Gasteiger partial charge in [0.2, 0.25) is 0 Å². The molecule has 0 N–H and O–H groups in total. The molecule has 0 amide bonds. The molecule has 0 unspecified atom stereocenters. The predicted molar refractivity (Wildman–Crippen MR) is 112 cm³/mol. The molecule has 2 aliphatic rings. The van der Waals surface area contributed by atoms with Crippen molar-refractivity contribution in [1.82, 2.24) is 20.0 Å². The van der Waals surface area contributed by atoms with Crippen molar-refractivity contribution in [1.29, 1.82) is 0 Å². The molecule has 0 bridgehead atoms. The summed E-state index contributed by atoms with van der Waals surface area (Å²) >= 11 is 0. The van der Waals surface area contributed by atoms with Crippen LogP contribution in [-0.4, -0.2) is 57.3 Å². The molecule has 0 spiro atoms. The van der Waals surface area contributed by atoms with Crippen LogP contribution in [0.5, 0.6) is 0 Å². The van der Waals surface area contributed by atoms with Crippen LogP contribution in [0.2, 0.25) is 0 Å². The third-order valence-electron chi connectivity index (χ3n) is 5.62. The molecule has 4 heterocycles. The minimum Gasteiger partial charge on any atom is -0.370 e. The number of hydrogen-bond donors (Lipinski definition) is 0. The van der Waals surface area contributed by atoms with Crippen molar-refractivity contribution in [3.8, 4) is 11.4 Å². The average molecular weight is 422 g/mol. The minimum absolute atomic E-state index is 0.133. The number of ether oxygens (including phenoxy) is 4. The molecule has 8 nitrogen and oxygen atoms in total. The van der Waals surface area contributed by atoms with E-state index >= 15 is 0 Å². The van der Waals surface area contributed by atoms with Crippen LogP contribution in [0.1, 0.15) is 25.5 Å². The molecule has 2 saturated heterocycles. The van der Waals surface area contributed by atoms with Gasteiger partial charge in [-0.2, -0.15) is 0 Å². The number of nitrogens with zero attached hydrogens (tertiary/aromatic N) is 4. The summed E-state index contributed by atoms with van der Waals surface area (Å²) in [5.41, 5.74) is 2.59. The highest BCUT2D eigenvalue weighted by molar-refractivity contribution is 5.51. The van der Waals surface area contributed by atoms with Crippen molar-refractivity contribution in [2.24, 2.45) is 0 Å². The molecule has 5 rings (SSSR count). The van der Waals surface area contributed by atoms with Crippen molar-refractivity contribution >= 4 is 0 Å². The normalized spacial score (nSPS) is 27.5. The Morgan fingerprint density at radius 1 is 1.06 bits per heavy atom. The van der Waals surface area contributed by atoms with E-state index in [0.717, 1.165) is 11.3 Å². The average Bonchev–Trinajstić information content (AvgIpc) is 3.51. The number of benzene rings is 1. The zero-order valence-electron chi connectivity index (χ0n) is 17.6. The van der Waals surface area contributed by atoms with Crippen LogP contribution in [0.3, 0.4) is 0 Å². The van der Waals surface area contributed by atoms with Crippen LogP contribution < -0.4 is 0 Å². The Labute approximate surface area is 181 Å². The fraction of sp³-hybridized carbons (Fsp3) is 0.435. The first kappa shape index (κ1) is 20.3. The van der Waals surface area contributed by atoms with E-state index < -0.39 is 5.79 Å². The maximum Gasteiger partial charge on any atom is 0.163 e. The summed E-state index contributed by atoms with van der Waals surface area (Å²) in [6.07, 6.45) is 2.90. The van der Waals surface area contributed by atoms with Crippen LogP contribution in [0.25, 0.3) is 11.4 Å².